The van der Waals surface area contributed by atoms with E-state index < -0.39 is 28.9 Å². The molecule has 0 amide bonds. The molecule has 360 valence electrons. The van der Waals surface area contributed by atoms with Crippen molar-refractivity contribution >= 4 is 46.4 Å². The highest BCUT2D eigenvalue weighted by atomic mass is 35.5. The number of Topliss-reactive ketones (excluding diaryl/α,β-unsaturated/α-hetero) is 2. The van der Waals surface area contributed by atoms with E-state index in [1.54, 1.807) is 0 Å². The average Bonchev–Trinajstić information content (AvgIpc) is 3.26. The molecule has 4 aromatic carbocycles. The van der Waals surface area contributed by atoms with E-state index in [2.05, 4.69) is 10.2 Å². The van der Waals surface area contributed by atoms with Gasteiger partial charge in [-0.05, 0) is 148 Å². The summed E-state index contributed by atoms with van der Waals surface area (Å²) < 4.78 is 86.4. The van der Waals surface area contributed by atoms with Gasteiger partial charge in [-0.3, -0.25) is 14.5 Å². The molecule has 2 saturated heterocycles. The van der Waals surface area contributed by atoms with Crippen molar-refractivity contribution in [1.29, 1.82) is 0 Å². The fourth-order valence-electron chi connectivity index (χ4n) is 8.94. The van der Waals surface area contributed by atoms with Gasteiger partial charge in [-0.25, -0.2) is 0 Å². The molecule has 8 rings (SSSR count). The molecule has 6 nitrogen and oxygen atoms in total. The molecule has 4 aromatic rings. The minimum atomic E-state index is -4.35. The predicted molar refractivity (Wildman–Crippen MR) is 250 cm³/mol. The Hall–Kier alpha value is -3.81. The Morgan fingerprint density at radius 2 is 1.06 bits per heavy atom. The van der Waals surface area contributed by atoms with Crippen molar-refractivity contribution in [2.75, 3.05) is 51.8 Å². The van der Waals surface area contributed by atoms with Gasteiger partial charge in [0, 0.05) is 35.0 Å². The maximum Gasteiger partial charge on any atom is 0.416 e. The van der Waals surface area contributed by atoms with Gasteiger partial charge in [0.15, 0.2) is 11.6 Å². The van der Waals surface area contributed by atoms with Crippen LogP contribution in [0.15, 0.2) is 97.1 Å². The summed E-state index contributed by atoms with van der Waals surface area (Å²) in [5.41, 5.74) is 0.0776. The summed E-state index contributed by atoms with van der Waals surface area (Å²) in [5.74, 6) is 2.11. The third kappa shape index (κ3) is 14.1. The molecule has 0 unspecified atom stereocenters. The molecule has 2 aliphatic heterocycles. The lowest BCUT2D eigenvalue weighted by Crippen LogP contribution is -2.49. The molecular weight excluding hydrogens is 925 g/mol. The van der Waals surface area contributed by atoms with E-state index in [1.807, 2.05) is 48.5 Å². The molecule has 15 heteroatoms. The van der Waals surface area contributed by atoms with Crippen molar-refractivity contribution in [2.24, 2.45) is 11.8 Å². The quantitative estimate of drug-likeness (QED) is 0.106. The highest BCUT2D eigenvalue weighted by Crippen LogP contribution is 2.46. The van der Waals surface area contributed by atoms with Gasteiger partial charge in [0.25, 0.3) is 0 Å². The van der Waals surface area contributed by atoms with Crippen LogP contribution in [0.1, 0.15) is 93.9 Å². The Bertz CT molecular complexity index is 2120. The molecule has 66 heavy (non-hydrogen) atoms. The third-order valence-corrected chi connectivity index (χ3v) is 13.8. The largest absolute Gasteiger partial charge is 0.493 e. The molecule has 0 bridgehead atoms. The normalized spacial score (nSPS) is 20.0. The van der Waals surface area contributed by atoms with Gasteiger partial charge in [-0.15, -0.1) is 11.6 Å². The lowest BCUT2D eigenvalue weighted by Gasteiger charge is -2.43. The molecular formula is C51H59Cl3F6N2O4. The zero-order valence-electron chi connectivity index (χ0n) is 36.1. The Kier molecular flexibility index (Phi) is 19.3. The number of ketones is 2. The second-order valence-corrected chi connectivity index (χ2v) is 18.6. The smallest absolute Gasteiger partial charge is 0.416 e. The Morgan fingerprint density at radius 3 is 1.45 bits per heavy atom. The topological polar surface area (TPSA) is 67.9 Å². The first-order chi connectivity index (χ1) is 31.0. The molecule has 2 saturated carbocycles. The molecule has 2 heterocycles. The number of nitrogens with one attached hydrogen (secondary N) is 1. The molecule has 0 aromatic heterocycles. The average molecular weight is 984 g/mol. The van der Waals surface area contributed by atoms with Crippen LogP contribution < -0.4 is 14.8 Å². The summed E-state index contributed by atoms with van der Waals surface area (Å²) in [6.07, 6.45) is 1.29. The Balaban J connectivity index is 0.000000203. The number of benzene rings is 4. The van der Waals surface area contributed by atoms with Gasteiger partial charge in [0.2, 0.25) is 0 Å². The monoisotopic (exact) mass is 982 g/mol. The first-order valence-corrected chi connectivity index (χ1v) is 23.5. The fraction of sp³-hybridized carbons (Fsp3) is 0.490. The van der Waals surface area contributed by atoms with Gasteiger partial charge in [0.05, 0.1) is 47.6 Å². The molecule has 2 aliphatic carbocycles. The highest BCUT2D eigenvalue weighted by Gasteiger charge is 2.46. The van der Waals surface area contributed by atoms with Gasteiger partial charge in [-0.2, -0.15) is 26.3 Å². The zero-order valence-corrected chi connectivity index (χ0v) is 38.4. The first-order valence-electron chi connectivity index (χ1n) is 22.2. The maximum atomic E-state index is 13.3. The Morgan fingerprint density at radius 1 is 0.621 bits per heavy atom. The highest BCUT2D eigenvalue weighted by molar-refractivity contribution is 6.31. The Labute approximate surface area is 399 Å². The number of ether oxygens (including phenoxy) is 2. The van der Waals surface area contributed by atoms with Crippen LogP contribution in [0.25, 0.3) is 0 Å². The van der Waals surface area contributed by atoms with E-state index in [4.69, 9.17) is 44.3 Å². The van der Waals surface area contributed by atoms with Crippen LogP contribution in [-0.4, -0.2) is 68.3 Å². The van der Waals surface area contributed by atoms with Crippen LogP contribution in [0.2, 0.25) is 10.0 Å². The summed E-state index contributed by atoms with van der Waals surface area (Å²) in [7, 11) is 0. The zero-order chi connectivity index (χ0) is 46.7. The van der Waals surface area contributed by atoms with Crippen molar-refractivity contribution in [3.63, 3.8) is 0 Å². The number of carbonyl (C=O) groups excluding carboxylic acids is 2. The summed E-state index contributed by atoms with van der Waals surface area (Å²) in [5, 5.41) is 4.64. The second kappa shape index (κ2) is 24.0. The van der Waals surface area contributed by atoms with E-state index in [9.17, 15) is 35.9 Å². The minimum Gasteiger partial charge on any atom is -0.493 e. The number of likely N-dealkylation sites (tertiary alicyclic amines) is 1. The number of carbonyl (C=O) groups is 2. The first kappa shape index (κ1) is 53.1. The van der Waals surface area contributed by atoms with Crippen molar-refractivity contribution in [3.8, 4) is 11.5 Å². The van der Waals surface area contributed by atoms with Crippen LogP contribution in [0.5, 0.6) is 11.5 Å². The van der Waals surface area contributed by atoms with Crippen molar-refractivity contribution < 1.29 is 45.4 Å². The lowest BCUT2D eigenvalue weighted by atomic mass is 9.62. The summed E-state index contributed by atoms with van der Waals surface area (Å²) in [6, 6.07) is 24.8. The molecule has 4 aliphatic rings. The number of halogens is 9. The van der Waals surface area contributed by atoms with Crippen LogP contribution in [0.4, 0.5) is 26.3 Å². The SMILES string of the molecule is C.FC(F)(F)c1ccc(OC[C@H]2CCCNC2)cc1.O=C(CCl)C1(c2ccc(Cl)cc2)CCC1.O=C(CN1CCC[C@H](COc2ccc(C(F)(F)F)cc2)C1)C1(c2ccc(Cl)cc2)CCC1. The molecule has 0 spiro atoms. The van der Waals surface area contributed by atoms with E-state index in [-0.39, 0.29) is 36.2 Å². The number of piperidine rings is 2. The fourth-order valence-corrected chi connectivity index (χ4v) is 9.45. The van der Waals surface area contributed by atoms with E-state index in [0.717, 1.165) is 126 Å². The van der Waals surface area contributed by atoms with Crippen molar-refractivity contribution in [2.45, 2.75) is 94.8 Å². The number of alkyl halides is 7. The van der Waals surface area contributed by atoms with Crippen LogP contribution in [-0.2, 0) is 32.8 Å². The lowest BCUT2D eigenvalue weighted by molar-refractivity contribution is -0.138. The maximum absolute atomic E-state index is 13.3. The third-order valence-electron chi connectivity index (χ3n) is 13.1. The summed E-state index contributed by atoms with van der Waals surface area (Å²) in [4.78, 5) is 27.3. The van der Waals surface area contributed by atoms with E-state index in [1.165, 1.54) is 24.3 Å². The molecule has 0 radical (unpaired) electrons. The molecule has 2 atom stereocenters. The summed E-state index contributed by atoms with van der Waals surface area (Å²) >= 11 is 17.5. The van der Waals surface area contributed by atoms with Crippen molar-refractivity contribution in [3.05, 3.63) is 129 Å². The molecule has 4 fully saturated rings. The van der Waals surface area contributed by atoms with E-state index in [0.29, 0.717) is 47.2 Å². The van der Waals surface area contributed by atoms with Gasteiger partial charge in [0.1, 0.15) is 11.5 Å². The number of rotatable bonds is 13. The van der Waals surface area contributed by atoms with Gasteiger partial charge >= 0.3 is 12.4 Å². The minimum absolute atomic E-state index is 0. The number of hydrogen-bond donors (Lipinski definition) is 1. The number of hydrogen-bond acceptors (Lipinski definition) is 6. The van der Waals surface area contributed by atoms with Crippen molar-refractivity contribution in [1.82, 2.24) is 10.2 Å². The number of nitrogens with zero attached hydrogens (tertiary/aromatic N) is 1. The standard InChI is InChI=1S/C25H27ClF3NO2.C13H16F3NO.C12H12Cl2O.CH4/c26-21-8-4-19(5-9-21)24(12-2-13-24)23(31)16-30-14-1-3-18(15-30)17-32-22-10-6-20(7-11-22)25(27,28)29;14-13(15,16)11-3-5-12(6-4-11)18-9-10-2-1-7-17-8-10;13-8-11(15)12(6-1-7-12)9-2-4-10(14)5-3-9;/h4-11,18H,1-3,12-17H2;3-6,10,17H,1-2,7-9H2;2-5H,1,6-8H2;1H4/t18-;10-;;/m00../s1. The molecule has 1 N–H and O–H groups in total. The second-order valence-electron chi connectivity index (χ2n) is 17.5. The van der Waals surface area contributed by atoms with E-state index >= 15 is 0 Å². The summed E-state index contributed by atoms with van der Waals surface area (Å²) in [6.45, 7) is 4.98. The predicted octanol–water partition coefficient (Wildman–Crippen LogP) is 13.4. The van der Waals surface area contributed by atoms with Crippen LogP contribution in [0, 0.1) is 11.8 Å². The van der Waals surface area contributed by atoms with Crippen LogP contribution in [0.3, 0.4) is 0 Å². The van der Waals surface area contributed by atoms with Gasteiger partial charge < -0.3 is 14.8 Å². The van der Waals surface area contributed by atoms with Gasteiger partial charge in [-0.1, -0.05) is 67.7 Å². The van der Waals surface area contributed by atoms with Crippen LogP contribution >= 0.6 is 34.8 Å².